The number of ether oxygens (including phenoxy) is 2. The van der Waals surface area contributed by atoms with Crippen LogP contribution in [0.1, 0.15) is 136 Å². The largest absolute Gasteiger partial charge is 0.481 e. The van der Waals surface area contributed by atoms with Gasteiger partial charge in [0.05, 0.1) is 12.7 Å². The van der Waals surface area contributed by atoms with Gasteiger partial charge in [-0.05, 0) is 38.5 Å². The van der Waals surface area contributed by atoms with Gasteiger partial charge < -0.3 is 30.5 Å². The molecule has 0 aromatic heterocycles. The minimum atomic E-state index is -1.01. The maximum absolute atomic E-state index is 12.6. The minimum absolute atomic E-state index is 0.0440. The number of esters is 2. The number of carbonyl (C=O) groups excluding carboxylic acids is 2. The third-order valence-electron chi connectivity index (χ3n) is 7.87. The number of allylic oxidation sites excluding steroid dienone is 7. The number of carboxylic acids is 1. The number of carbonyl (C=O) groups is 3. The zero-order valence-corrected chi connectivity index (χ0v) is 31.2. The van der Waals surface area contributed by atoms with Crippen LogP contribution < -0.4 is 5.73 Å². The Hall–Kier alpha value is -2.40. The van der Waals surface area contributed by atoms with Gasteiger partial charge in [0.15, 0.2) is 6.10 Å². The standard InChI is InChI=1S/C39H67NO8S/c1-3-5-7-9-11-13-15-16-17-19-21-23-27-36(35(42)26-25-28-37(43)44)49-32-34(40)39(46)47-31-33(30-41)48-38(45)29-24-22-20-18-14-12-10-8-6-4-2/h11,13,16-17,19,21,23,27,33-36,41-42H,3-10,12,14-15,18,20,22,24-26,28-32,40H2,1-2H3,(H,43,44)/b13-11-,17-16-,21-19+,27-23+/t33-,34-,35-,36+/m0/s1. The molecule has 0 aromatic carbocycles. The predicted octanol–water partition coefficient (Wildman–Crippen LogP) is 7.98. The van der Waals surface area contributed by atoms with Crippen molar-refractivity contribution in [3.05, 3.63) is 48.6 Å². The maximum atomic E-state index is 12.6. The summed E-state index contributed by atoms with van der Waals surface area (Å²) < 4.78 is 10.5. The zero-order chi connectivity index (χ0) is 36.4. The van der Waals surface area contributed by atoms with E-state index in [2.05, 4.69) is 32.1 Å². The molecule has 0 unspecified atom stereocenters. The van der Waals surface area contributed by atoms with E-state index in [4.69, 9.17) is 20.3 Å². The van der Waals surface area contributed by atoms with Crippen LogP contribution >= 0.6 is 11.8 Å². The van der Waals surface area contributed by atoms with Gasteiger partial charge >= 0.3 is 17.9 Å². The molecular weight excluding hydrogens is 642 g/mol. The predicted molar refractivity (Wildman–Crippen MR) is 201 cm³/mol. The van der Waals surface area contributed by atoms with Crippen LogP contribution in [-0.4, -0.2) is 75.7 Å². The van der Waals surface area contributed by atoms with E-state index in [-0.39, 0.29) is 31.6 Å². The summed E-state index contributed by atoms with van der Waals surface area (Å²) >= 11 is 1.27. The van der Waals surface area contributed by atoms with E-state index in [0.717, 1.165) is 32.1 Å². The first-order chi connectivity index (χ1) is 23.7. The van der Waals surface area contributed by atoms with E-state index in [1.807, 2.05) is 30.4 Å². The number of aliphatic hydroxyl groups is 2. The summed E-state index contributed by atoms with van der Waals surface area (Å²) in [6.45, 7) is 3.63. The molecule has 9 nitrogen and oxygen atoms in total. The van der Waals surface area contributed by atoms with Gasteiger partial charge in [0.1, 0.15) is 12.6 Å². The van der Waals surface area contributed by atoms with Crippen molar-refractivity contribution < 1.29 is 39.2 Å². The highest BCUT2D eigenvalue weighted by Gasteiger charge is 2.23. The van der Waals surface area contributed by atoms with Crippen molar-refractivity contribution in [3.63, 3.8) is 0 Å². The van der Waals surface area contributed by atoms with Crippen molar-refractivity contribution >= 4 is 29.7 Å². The average Bonchev–Trinajstić information content (AvgIpc) is 3.08. The molecule has 0 aliphatic rings. The number of rotatable bonds is 33. The molecule has 0 heterocycles. The van der Waals surface area contributed by atoms with E-state index in [9.17, 15) is 24.6 Å². The van der Waals surface area contributed by atoms with Gasteiger partial charge in [-0.1, -0.05) is 133 Å². The number of aliphatic carboxylic acids is 1. The smallest absolute Gasteiger partial charge is 0.323 e. The first kappa shape index (κ1) is 46.6. The Kier molecular flexibility index (Phi) is 32.4. The molecule has 0 bridgehead atoms. The molecule has 49 heavy (non-hydrogen) atoms. The van der Waals surface area contributed by atoms with Gasteiger partial charge in [0.2, 0.25) is 0 Å². The second-order valence-electron chi connectivity index (χ2n) is 12.5. The van der Waals surface area contributed by atoms with Crippen LogP contribution in [0.25, 0.3) is 0 Å². The Morgan fingerprint density at radius 3 is 2.06 bits per heavy atom. The van der Waals surface area contributed by atoms with E-state index in [1.165, 1.54) is 76.0 Å². The van der Waals surface area contributed by atoms with Gasteiger partial charge in [0.25, 0.3) is 0 Å². The number of aliphatic hydroxyl groups excluding tert-OH is 2. The molecule has 0 aliphatic heterocycles. The normalized spacial score (nSPS) is 14.6. The average molecular weight is 710 g/mol. The molecule has 0 radical (unpaired) electrons. The van der Waals surface area contributed by atoms with Gasteiger partial charge in [0, 0.05) is 23.8 Å². The highest BCUT2D eigenvalue weighted by Crippen LogP contribution is 2.21. The summed E-state index contributed by atoms with van der Waals surface area (Å²) in [6, 6.07) is -1.01. The number of hydrogen-bond acceptors (Lipinski definition) is 9. The van der Waals surface area contributed by atoms with Crippen LogP contribution in [0.15, 0.2) is 48.6 Å². The molecule has 282 valence electrons. The quantitative estimate of drug-likeness (QED) is 0.0228. The zero-order valence-electron chi connectivity index (χ0n) is 30.4. The Bertz CT molecular complexity index is 951. The number of thioether (sulfide) groups is 1. The monoisotopic (exact) mass is 709 g/mol. The summed E-state index contributed by atoms with van der Waals surface area (Å²) in [4.78, 5) is 35.7. The molecule has 0 fully saturated rings. The van der Waals surface area contributed by atoms with Crippen molar-refractivity contribution in [2.45, 2.75) is 159 Å². The van der Waals surface area contributed by atoms with Crippen LogP contribution in [0.5, 0.6) is 0 Å². The Morgan fingerprint density at radius 1 is 0.776 bits per heavy atom. The number of carboxylic acid groups (broad SMARTS) is 1. The fourth-order valence-corrected chi connectivity index (χ4v) is 6.00. The lowest BCUT2D eigenvalue weighted by Gasteiger charge is -2.21. The fraction of sp³-hybridized carbons (Fsp3) is 0.718. The summed E-state index contributed by atoms with van der Waals surface area (Å²) in [7, 11) is 0. The van der Waals surface area contributed by atoms with Gasteiger partial charge in [-0.2, -0.15) is 0 Å². The molecule has 0 spiro atoms. The van der Waals surface area contributed by atoms with Crippen molar-refractivity contribution in [2.24, 2.45) is 5.73 Å². The fourth-order valence-electron chi connectivity index (χ4n) is 4.88. The molecular formula is C39H67NO8S. The molecule has 4 atom stereocenters. The minimum Gasteiger partial charge on any atom is -0.481 e. The molecule has 5 N–H and O–H groups in total. The third kappa shape index (κ3) is 30.2. The second-order valence-corrected chi connectivity index (χ2v) is 13.7. The lowest BCUT2D eigenvalue weighted by Crippen LogP contribution is -2.38. The summed E-state index contributed by atoms with van der Waals surface area (Å²) in [5.41, 5.74) is 6.07. The van der Waals surface area contributed by atoms with Gasteiger partial charge in [-0.25, -0.2) is 0 Å². The first-order valence-electron chi connectivity index (χ1n) is 18.6. The van der Waals surface area contributed by atoms with E-state index >= 15 is 0 Å². The molecule has 0 aromatic rings. The van der Waals surface area contributed by atoms with Crippen LogP contribution in [0.4, 0.5) is 0 Å². The Balaban J connectivity index is 4.64. The third-order valence-corrected chi connectivity index (χ3v) is 9.28. The second kappa shape index (κ2) is 34.1. The van der Waals surface area contributed by atoms with Crippen molar-refractivity contribution in [2.75, 3.05) is 19.0 Å². The van der Waals surface area contributed by atoms with E-state index in [1.54, 1.807) is 0 Å². The molecule has 0 rings (SSSR count). The Labute approximate surface area is 300 Å². The summed E-state index contributed by atoms with van der Waals surface area (Å²) in [5.74, 6) is -1.92. The summed E-state index contributed by atoms with van der Waals surface area (Å²) in [6.07, 6.45) is 32.0. The summed E-state index contributed by atoms with van der Waals surface area (Å²) in [5, 5.41) is 28.9. The highest BCUT2D eigenvalue weighted by molar-refractivity contribution is 8.00. The molecule has 0 saturated heterocycles. The molecule has 0 saturated carbocycles. The van der Waals surface area contributed by atoms with Crippen LogP contribution in [0, 0.1) is 0 Å². The van der Waals surface area contributed by atoms with E-state index in [0.29, 0.717) is 6.42 Å². The Morgan fingerprint density at radius 2 is 1.41 bits per heavy atom. The van der Waals surface area contributed by atoms with Gasteiger partial charge in [-0.15, -0.1) is 11.8 Å². The number of nitrogens with two attached hydrogens (primary N) is 1. The molecule has 0 aliphatic carbocycles. The van der Waals surface area contributed by atoms with E-state index < -0.39 is 48.0 Å². The van der Waals surface area contributed by atoms with Crippen LogP contribution in [0.3, 0.4) is 0 Å². The topological polar surface area (TPSA) is 156 Å². The van der Waals surface area contributed by atoms with Crippen molar-refractivity contribution in [1.29, 1.82) is 0 Å². The van der Waals surface area contributed by atoms with Crippen LogP contribution in [0.2, 0.25) is 0 Å². The first-order valence-corrected chi connectivity index (χ1v) is 19.7. The van der Waals surface area contributed by atoms with Crippen molar-refractivity contribution in [3.8, 4) is 0 Å². The lowest BCUT2D eigenvalue weighted by molar-refractivity contribution is -0.161. The van der Waals surface area contributed by atoms with Crippen molar-refractivity contribution in [1.82, 2.24) is 0 Å². The number of unbranched alkanes of at least 4 members (excludes halogenated alkanes) is 12. The SMILES string of the molecule is CCCCC/C=C\C\C=C/C=C/C=C/[C@@H](SC[C@H](N)C(=O)OC[C@H](CO)OC(=O)CCCCCCCCCCCC)[C@@H](O)CCCC(=O)O. The molecule has 0 amide bonds. The van der Waals surface area contributed by atoms with Gasteiger partial charge in [-0.3, -0.25) is 14.4 Å². The lowest BCUT2D eigenvalue weighted by atomic mass is 10.1. The molecule has 10 heteroatoms. The maximum Gasteiger partial charge on any atom is 0.323 e. The highest BCUT2D eigenvalue weighted by atomic mass is 32.2. The number of hydrogen-bond donors (Lipinski definition) is 4. The van der Waals surface area contributed by atoms with Crippen LogP contribution in [-0.2, 0) is 23.9 Å².